The van der Waals surface area contributed by atoms with E-state index in [9.17, 15) is 9.18 Å². The number of hydrogen-bond acceptors (Lipinski definition) is 4. The zero-order chi connectivity index (χ0) is 13.1. The van der Waals surface area contributed by atoms with Crippen LogP contribution in [-0.2, 0) is 0 Å². The number of nitrogens with zero attached hydrogens (tertiary/aromatic N) is 2. The first-order valence-corrected chi connectivity index (χ1v) is 5.35. The minimum Gasteiger partial charge on any atom is -0.481 e. The molecule has 4 nitrogen and oxygen atoms in total. The molecule has 18 heavy (non-hydrogen) atoms. The van der Waals surface area contributed by atoms with Crippen molar-refractivity contribution in [3.8, 4) is 5.88 Å². The molecule has 0 aliphatic rings. The van der Waals surface area contributed by atoms with Gasteiger partial charge in [-0.15, -0.1) is 0 Å². The molecule has 0 aliphatic carbocycles. The van der Waals surface area contributed by atoms with Crippen LogP contribution in [-0.4, -0.2) is 22.9 Å². The summed E-state index contributed by atoms with van der Waals surface area (Å²) in [4.78, 5) is 19.6. The van der Waals surface area contributed by atoms with Crippen LogP contribution in [0.1, 0.15) is 16.1 Å². The molecule has 0 saturated heterocycles. The quantitative estimate of drug-likeness (QED) is 0.801. The van der Waals surface area contributed by atoms with Gasteiger partial charge in [0.05, 0.1) is 12.7 Å². The summed E-state index contributed by atoms with van der Waals surface area (Å²) in [5.41, 5.74) is -0.0387. The Morgan fingerprint density at radius 1 is 1.33 bits per heavy atom. The molecule has 0 aliphatic heterocycles. The monoisotopic (exact) mass is 266 g/mol. The summed E-state index contributed by atoms with van der Waals surface area (Å²) in [6.45, 7) is 0. The number of aromatic nitrogens is 2. The van der Waals surface area contributed by atoms with Crippen LogP contribution in [0.15, 0.2) is 30.6 Å². The number of ketones is 1. The Bertz CT molecular complexity index is 604. The Balaban J connectivity index is 2.41. The number of hydrogen-bond donors (Lipinski definition) is 0. The molecule has 2 rings (SSSR count). The lowest BCUT2D eigenvalue weighted by atomic mass is 10.1. The summed E-state index contributed by atoms with van der Waals surface area (Å²) in [5, 5.41) is 0.226. The van der Waals surface area contributed by atoms with Crippen molar-refractivity contribution in [2.45, 2.75) is 0 Å². The highest BCUT2D eigenvalue weighted by Crippen LogP contribution is 2.18. The Morgan fingerprint density at radius 2 is 2.11 bits per heavy atom. The zero-order valence-electron chi connectivity index (χ0n) is 9.35. The summed E-state index contributed by atoms with van der Waals surface area (Å²) >= 11 is 5.62. The molecule has 0 spiro atoms. The third kappa shape index (κ3) is 2.46. The van der Waals surface area contributed by atoms with E-state index >= 15 is 0 Å². The minimum absolute atomic E-state index is 0.0584. The number of rotatable bonds is 3. The van der Waals surface area contributed by atoms with E-state index in [-0.39, 0.29) is 22.2 Å². The van der Waals surface area contributed by atoms with Gasteiger partial charge in [-0.1, -0.05) is 11.6 Å². The van der Waals surface area contributed by atoms with Gasteiger partial charge in [0.1, 0.15) is 17.8 Å². The van der Waals surface area contributed by atoms with Gasteiger partial charge in [-0.05, 0) is 18.2 Å². The summed E-state index contributed by atoms with van der Waals surface area (Å²) in [7, 11) is 1.42. The van der Waals surface area contributed by atoms with E-state index < -0.39 is 11.6 Å². The first-order valence-electron chi connectivity index (χ1n) is 4.97. The fraction of sp³-hybridized carbons (Fsp3) is 0.0833. The highest BCUT2D eigenvalue weighted by molar-refractivity contribution is 6.30. The van der Waals surface area contributed by atoms with Gasteiger partial charge < -0.3 is 4.74 Å². The summed E-state index contributed by atoms with van der Waals surface area (Å²) in [5.74, 6) is -1.00. The third-order valence-electron chi connectivity index (χ3n) is 2.26. The molecule has 0 saturated carbocycles. The largest absolute Gasteiger partial charge is 0.481 e. The molecule has 0 amide bonds. The van der Waals surface area contributed by atoms with Crippen molar-refractivity contribution in [2.75, 3.05) is 7.11 Å². The average molecular weight is 267 g/mol. The molecule has 0 atom stereocenters. The molecule has 0 fully saturated rings. The van der Waals surface area contributed by atoms with Gasteiger partial charge in [-0.25, -0.2) is 14.4 Å². The maximum absolute atomic E-state index is 13.6. The summed E-state index contributed by atoms with van der Waals surface area (Å²) < 4.78 is 18.5. The maximum Gasteiger partial charge on any atom is 0.216 e. The summed E-state index contributed by atoms with van der Waals surface area (Å²) in [6, 6.07) is 5.18. The van der Waals surface area contributed by atoms with Gasteiger partial charge in [0.15, 0.2) is 0 Å². The zero-order valence-corrected chi connectivity index (χ0v) is 10.1. The molecule has 1 aromatic heterocycles. The molecule has 0 bridgehead atoms. The molecule has 1 aromatic carbocycles. The molecule has 6 heteroatoms. The van der Waals surface area contributed by atoms with Crippen LogP contribution in [0.3, 0.4) is 0 Å². The lowest BCUT2D eigenvalue weighted by Crippen LogP contribution is -2.07. The van der Waals surface area contributed by atoms with E-state index in [1.807, 2.05) is 0 Å². The van der Waals surface area contributed by atoms with Crippen LogP contribution in [0.2, 0.25) is 5.02 Å². The number of ether oxygens (including phenoxy) is 1. The third-order valence-corrected chi connectivity index (χ3v) is 2.49. The van der Waals surface area contributed by atoms with Crippen LogP contribution in [0.4, 0.5) is 4.39 Å². The van der Waals surface area contributed by atoms with E-state index in [1.54, 1.807) is 0 Å². The van der Waals surface area contributed by atoms with E-state index in [1.165, 1.54) is 31.6 Å². The highest BCUT2D eigenvalue weighted by Gasteiger charge is 2.16. The fourth-order valence-corrected chi connectivity index (χ4v) is 1.55. The predicted octanol–water partition coefficient (Wildman–Crippen LogP) is 2.51. The van der Waals surface area contributed by atoms with Gasteiger partial charge in [-0.3, -0.25) is 4.79 Å². The second-order valence-corrected chi connectivity index (χ2v) is 3.84. The van der Waals surface area contributed by atoms with Crippen molar-refractivity contribution < 1.29 is 13.9 Å². The van der Waals surface area contributed by atoms with Gasteiger partial charge in [-0.2, -0.15) is 0 Å². The molecule has 2 aromatic rings. The second-order valence-electron chi connectivity index (χ2n) is 3.40. The highest BCUT2D eigenvalue weighted by atomic mass is 35.5. The Morgan fingerprint density at radius 3 is 2.78 bits per heavy atom. The van der Waals surface area contributed by atoms with Crippen molar-refractivity contribution in [2.24, 2.45) is 0 Å². The van der Waals surface area contributed by atoms with Gasteiger partial charge in [0.2, 0.25) is 11.7 Å². The fourth-order valence-electron chi connectivity index (χ4n) is 1.39. The average Bonchev–Trinajstić information content (AvgIpc) is 2.38. The molecule has 0 N–H and O–H groups in total. The van der Waals surface area contributed by atoms with Crippen LogP contribution >= 0.6 is 11.6 Å². The number of carbonyl (C=O) groups excluding carboxylic acids is 1. The Kier molecular flexibility index (Phi) is 3.53. The number of halogens is 2. The topological polar surface area (TPSA) is 52.1 Å². The molecule has 1 heterocycles. The Hall–Kier alpha value is -2.01. The van der Waals surface area contributed by atoms with Crippen LogP contribution < -0.4 is 4.74 Å². The van der Waals surface area contributed by atoms with Crippen molar-refractivity contribution in [1.82, 2.24) is 9.97 Å². The molecule has 92 valence electrons. The molecular formula is C12H8ClFN2O2. The lowest BCUT2D eigenvalue weighted by molar-refractivity contribution is 0.103. The van der Waals surface area contributed by atoms with Gasteiger partial charge >= 0.3 is 0 Å². The van der Waals surface area contributed by atoms with Gasteiger partial charge in [0, 0.05) is 11.1 Å². The SMILES string of the molecule is COc1cc(C(=O)c2ccc(Cl)cc2F)ncn1. The smallest absolute Gasteiger partial charge is 0.216 e. The van der Waals surface area contributed by atoms with Crippen LogP contribution in [0.25, 0.3) is 0 Å². The lowest BCUT2D eigenvalue weighted by Gasteiger charge is -2.03. The van der Waals surface area contributed by atoms with E-state index in [4.69, 9.17) is 16.3 Å². The first kappa shape index (κ1) is 12.4. The molecule has 0 unspecified atom stereocenters. The standard InChI is InChI=1S/C12H8ClFN2O2/c1-18-11-5-10(15-6-16-11)12(17)8-3-2-7(13)4-9(8)14/h2-6H,1H3. The van der Waals surface area contributed by atoms with Gasteiger partial charge in [0.25, 0.3) is 0 Å². The predicted molar refractivity (Wildman–Crippen MR) is 63.4 cm³/mol. The maximum atomic E-state index is 13.6. The van der Waals surface area contributed by atoms with Crippen molar-refractivity contribution in [3.63, 3.8) is 0 Å². The second kappa shape index (κ2) is 5.10. The van der Waals surface area contributed by atoms with Crippen LogP contribution in [0.5, 0.6) is 5.88 Å². The number of carbonyl (C=O) groups is 1. The minimum atomic E-state index is -0.690. The normalized spacial score (nSPS) is 10.2. The molecular weight excluding hydrogens is 259 g/mol. The van der Waals surface area contributed by atoms with E-state index in [0.717, 1.165) is 6.07 Å². The van der Waals surface area contributed by atoms with Crippen molar-refractivity contribution >= 4 is 17.4 Å². The van der Waals surface area contributed by atoms with E-state index in [0.29, 0.717) is 0 Å². The Labute approximate surface area is 107 Å². The first-order chi connectivity index (χ1) is 8.61. The van der Waals surface area contributed by atoms with E-state index in [2.05, 4.69) is 9.97 Å². The number of methoxy groups -OCH3 is 1. The van der Waals surface area contributed by atoms with Crippen molar-refractivity contribution in [1.29, 1.82) is 0 Å². The molecule has 0 radical (unpaired) electrons. The number of benzene rings is 1. The van der Waals surface area contributed by atoms with Crippen molar-refractivity contribution in [3.05, 3.63) is 52.7 Å². The summed E-state index contributed by atoms with van der Waals surface area (Å²) in [6.07, 6.45) is 1.18. The van der Waals surface area contributed by atoms with Crippen LogP contribution in [0, 0.1) is 5.82 Å².